The van der Waals surface area contributed by atoms with Crippen LogP contribution in [0.5, 0.6) is 11.5 Å². The average Bonchev–Trinajstić information content (AvgIpc) is 2.48. The lowest BCUT2D eigenvalue weighted by Crippen LogP contribution is -2.21. The molecule has 0 spiro atoms. The zero-order chi connectivity index (χ0) is 14.4. The molecule has 0 aliphatic carbocycles. The number of hydrogen-bond donors (Lipinski definition) is 0. The number of ether oxygens (including phenoxy) is 2. The highest BCUT2D eigenvalue weighted by Crippen LogP contribution is 2.22. The summed E-state index contributed by atoms with van der Waals surface area (Å²) in [6.45, 7) is 0.778. The van der Waals surface area contributed by atoms with Gasteiger partial charge in [-0.15, -0.1) is 0 Å². The van der Waals surface area contributed by atoms with Crippen LogP contribution in [-0.2, 0) is 6.54 Å². The summed E-state index contributed by atoms with van der Waals surface area (Å²) < 4.78 is 12.2. The number of pyridine rings is 1. The van der Waals surface area contributed by atoms with E-state index in [1.165, 1.54) is 13.2 Å². The molecule has 1 aromatic carbocycles. The second-order valence-corrected chi connectivity index (χ2v) is 4.09. The molecule has 0 saturated carbocycles. The van der Waals surface area contributed by atoms with Crippen molar-refractivity contribution in [3.8, 4) is 17.6 Å². The van der Waals surface area contributed by atoms with Crippen molar-refractivity contribution < 1.29 is 9.47 Å². The van der Waals surface area contributed by atoms with Gasteiger partial charge in [-0.1, -0.05) is 6.07 Å². The van der Waals surface area contributed by atoms with E-state index in [0.717, 1.165) is 0 Å². The average molecular weight is 270 g/mol. The molecule has 1 aromatic heterocycles. The van der Waals surface area contributed by atoms with Crippen molar-refractivity contribution in [2.24, 2.45) is 0 Å². The first kappa shape index (κ1) is 13.7. The zero-order valence-corrected chi connectivity index (χ0v) is 11.1. The lowest BCUT2D eigenvalue weighted by molar-refractivity contribution is 0.294. The molecule has 102 valence electrons. The number of benzene rings is 1. The quantitative estimate of drug-likeness (QED) is 0.831. The Morgan fingerprint density at radius 3 is 2.75 bits per heavy atom. The first-order valence-corrected chi connectivity index (χ1v) is 6.10. The molecule has 0 aliphatic heterocycles. The van der Waals surface area contributed by atoms with E-state index in [-0.39, 0.29) is 5.56 Å². The number of hydrogen-bond acceptors (Lipinski definition) is 4. The molecule has 0 fully saturated rings. The van der Waals surface area contributed by atoms with Crippen LogP contribution in [0.15, 0.2) is 47.4 Å². The fourth-order valence-corrected chi connectivity index (χ4v) is 1.74. The molecule has 5 heteroatoms. The minimum Gasteiger partial charge on any atom is -0.497 e. The van der Waals surface area contributed by atoms with Crippen LogP contribution < -0.4 is 15.0 Å². The highest BCUT2D eigenvalue weighted by molar-refractivity contribution is 5.43. The van der Waals surface area contributed by atoms with Gasteiger partial charge in [-0.25, -0.2) is 0 Å². The summed E-state index contributed by atoms with van der Waals surface area (Å²) in [5, 5.41) is 8.92. The SMILES string of the molecule is COc1cc(C#N)cc(OCCn2ccccc2=O)c1. The fraction of sp³-hybridized carbons (Fsp3) is 0.200. The van der Waals surface area contributed by atoms with Gasteiger partial charge in [-0.3, -0.25) is 4.79 Å². The maximum Gasteiger partial charge on any atom is 0.250 e. The monoisotopic (exact) mass is 270 g/mol. The van der Waals surface area contributed by atoms with Gasteiger partial charge in [-0.2, -0.15) is 5.26 Å². The lowest BCUT2D eigenvalue weighted by Gasteiger charge is -2.09. The Morgan fingerprint density at radius 2 is 2.05 bits per heavy atom. The van der Waals surface area contributed by atoms with Crippen LogP contribution >= 0.6 is 0 Å². The molecule has 5 nitrogen and oxygen atoms in total. The molecule has 20 heavy (non-hydrogen) atoms. The summed E-state index contributed by atoms with van der Waals surface area (Å²) >= 11 is 0. The minimum atomic E-state index is -0.0699. The van der Waals surface area contributed by atoms with Gasteiger partial charge in [0.05, 0.1) is 25.3 Å². The molecule has 0 N–H and O–H groups in total. The Morgan fingerprint density at radius 1 is 1.25 bits per heavy atom. The van der Waals surface area contributed by atoms with E-state index in [2.05, 4.69) is 0 Å². The summed E-state index contributed by atoms with van der Waals surface area (Å²) in [6.07, 6.45) is 1.71. The van der Waals surface area contributed by atoms with Crippen molar-refractivity contribution in [1.82, 2.24) is 4.57 Å². The van der Waals surface area contributed by atoms with E-state index >= 15 is 0 Å². The molecule has 2 rings (SSSR count). The van der Waals surface area contributed by atoms with Gasteiger partial charge < -0.3 is 14.0 Å². The Labute approximate surface area is 116 Å². The molecule has 0 amide bonds. The van der Waals surface area contributed by atoms with E-state index in [1.54, 1.807) is 41.1 Å². The highest BCUT2D eigenvalue weighted by atomic mass is 16.5. The van der Waals surface area contributed by atoms with Crippen molar-refractivity contribution in [2.75, 3.05) is 13.7 Å². The molecule has 0 radical (unpaired) electrons. The predicted molar refractivity (Wildman–Crippen MR) is 73.9 cm³/mol. The van der Waals surface area contributed by atoms with Gasteiger partial charge in [0, 0.05) is 18.3 Å². The Balaban J connectivity index is 2.03. The molecule has 0 saturated heterocycles. The molecular weight excluding hydrogens is 256 g/mol. The van der Waals surface area contributed by atoms with E-state index in [1.807, 2.05) is 6.07 Å². The van der Waals surface area contributed by atoms with Crippen molar-refractivity contribution in [1.29, 1.82) is 5.26 Å². The summed E-state index contributed by atoms with van der Waals surface area (Å²) in [7, 11) is 1.53. The topological polar surface area (TPSA) is 64.2 Å². The number of aromatic nitrogens is 1. The molecule has 2 aromatic rings. The summed E-state index contributed by atoms with van der Waals surface area (Å²) in [5.41, 5.74) is 0.399. The van der Waals surface area contributed by atoms with Gasteiger partial charge in [0.2, 0.25) is 0 Å². The van der Waals surface area contributed by atoms with Crippen LogP contribution in [0.4, 0.5) is 0 Å². The first-order valence-electron chi connectivity index (χ1n) is 6.10. The molecule has 0 atom stereocenters. The van der Waals surface area contributed by atoms with Crippen LogP contribution in [-0.4, -0.2) is 18.3 Å². The van der Waals surface area contributed by atoms with E-state index in [9.17, 15) is 4.79 Å². The maximum atomic E-state index is 11.5. The third-order valence-electron chi connectivity index (χ3n) is 2.74. The van der Waals surface area contributed by atoms with Gasteiger partial charge in [0.1, 0.15) is 18.1 Å². The molecular formula is C15H14N2O3. The smallest absolute Gasteiger partial charge is 0.250 e. The predicted octanol–water partition coefficient (Wildman–Crippen LogP) is 1.81. The Kier molecular flexibility index (Phi) is 4.40. The Hall–Kier alpha value is -2.74. The number of nitrogens with zero attached hydrogens (tertiary/aromatic N) is 2. The van der Waals surface area contributed by atoms with Gasteiger partial charge in [-0.05, 0) is 18.2 Å². The highest BCUT2D eigenvalue weighted by Gasteiger charge is 2.02. The summed E-state index contributed by atoms with van der Waals surface area (Å²) in [6, 6.07) is 12.0. The fourth-order valence-electron chi connectivity index (χ4n) is 1.74. The van der Waals surface area contributed by atoms with Crippen molar-refractivity contribution >= 4 is 0 Å². The van der Waals surface area contributed by atoms with Gasteiger partial charge in [0.25, 0.3) is 5.56 Å². The number of methoxy groups -OCH3 is 1. The maximum absolute atomic E-state index is 11.5. The number of rotatable bonds is 5. The van der Waals surface area contributed by atoms with Crippen molar-refractivity contribution in [3.05, 3.63) is 58.5 Å². The van der Waals surface area contributed by atoms with Crippen LogP contribution in [0.2, 0.25) is 0 Å². The van der Waals surface area contributed by atoms with Crippen LogP contribution in [0.25, 0.3) is 0 Å². The van der Waals surface area contributed by atoms with Gasteiger partial charge in [0.15, 0.2) is 0 Å². The molecule has 0 aliphatic rings. The first-order chi connectivity index (χ1) is 9.72. The minimum absolute atomic E-state index is 0.0699. The van der Waals surface area contributed by atoms with Crippen LogP contribution in [0.3, 0.4) is 0 Å². The molecule has 0 bridgehead atoms. The van der Waals surface area contributed by atoms with Crippen LogP contribution in [0.1, 0.15) is 5.56 Å². The van der Waals surface area contributed by atoms with E-state index in [4.69, 9.17) is 14.7 Å². The second kappa shape index (κ2) is 6.43. The van der Waals surface area contributed by atoms with E-state index in [0.29, 0.717) is 30.2 Å². The van der Waals surface area contributed by atoms with E-state index < -0.39 is 0 Å². The number of nitriles is 1. The standard InChI is InChI=1S/C15H14N2O3/c1-19-13-8-12(11-16)9-14(10-13)20-7-6-17-5-3-2-4-15(17)18/h2-5,8-10H,6-7H2,1H3. The summed E-state index contributed by atoms with van der Waals surface area (Å²) in [4.78, 5) is 11.5. The second-order valence-electron chi connectivity index (χ2n) is 4.09. The third-order valence-corrected chi connectivity index (χ3v) is 2.74. The van der Waals surface area contributed by atoms with Crippen molar-refractivity contribution in [3.63, 3.8) is 0 Å². The molecule has 1 heterocycles. The summed E-state index contributed by atoms with van der Waals surface area (Å²) in [5.74, 6) is 1.11. The third kappa shape index (κ3) is 3.39. The molecule has 0 unspecified atom stereocenters. The Bertz CT molecular complexity index is 686. The van der Waals surface area contributed by atoms with Gasteiger partial charge >= 0.3 is 0 Å². The van der Waals surface area contributed by atoms with Crippen molar-refractivity contribution in [2.45, 2.75) is 6.54 Å². The van der Waals surface area contributed by atoms with Crippen LogP contribution in [0, 0.1) is 11.3 Å². The zero-order valence-electron chi connectivity index (χ0n) is 11.1. The normalized spacial score (nSPS) is 9.80. The lowest BCUT2D eigenvalue weighted by atomic mass is 10.2. The largest absolute Gasteiger partial charge is 0.497 e.